The van der Waals surface area contributed by atoms with E-state index in [0.717, 1.165) is 5.56 Å². The van der Waals surface area contributed by atoms with Crippen molar-refractivity contribution in [3.05, 3.63) is 69.5 Å². The maximum absolute atomic E-state index is 13.8. The Hall–Kier alpha value is -1.58. The van der Waals surface area contributed by atoms with Gasteiger partial charge < -0.3 is 5.11 Å². The van der Waals surface area contributed by atoms with Gasteiger partial charge in [-0.15, -0.1) is 0 Å². The van der Waals surface area contributed by atoms with Crippen molar-refractivity contribution in [2.75, 3.05) is 0 Å². The van der Waals surface area contributed by atoms with Crippen LogP contribution in [0.3, 0.4) is 0 Å². The van der Waals surface area contributed by atoms with Gasteiger partial charge in [0.25, 0.3) is 0 Å². The lowest BCUT2D eigenvalue weighted by atomic mass is 9.92. The molecule has 0 aliphatic carbocycles. The van der Waals surface area contributed by atoms with Crippen molar-refractivity contribution >= 4 is 29.2 Å². The molecule has 0 aromatic heterocycles. The molecule has 0 bridgehead atoms. The van der Waals surface area contributed by atoms with Crippen LogP contribution in [0.15, 0.2) is 42.5 Å². The molecule has 2 aromatic carbocycles. The standard InChI is InChI=1S/C16H13Cl2FO2/c17-13-6-5-11(15(19)9-13)8-12(16(20)21)7-10-3-1-2-4-14(10)18/h1-6,9,12H,7-8H2,(H,20,21). The molecular weight excluding hydrogens is 314 g/mol. The minimum Gasteiger partial charge on any atom is -0.481 e. The third-order valence-electron chi connectivity index (χ3n) is 3.25. The molecule has 0 spiro atoms. The second kappa shape index (κ2) is 6.92. The summed E-state index contributed by atoms with van der Waals surface area (Å²) in [6.07, 6.45) is 0.334. The first-order valence-corrected chi connectivity index (χ1v) is 7.13. The number of benzene rings is 2. The van der Waals surface area contributed by atoms with Crippen molar-refractivity contribution in [3.8, 4) is 0 Å². The number of hydrogen-bond donors (Lipinski definition) is 1. The molecule has 2 rings (SSSR count). The Labute approximate surface area is 132 Å². The summed E-state index contributed by atoms with van der Waals surface area (Å²) in [5, 5.41) is 10.1. The third kappa shape index (κ3) is 4.19. The lowest BCUT2D eigenvalue weighted by Crippen LogP contribution is -2.20. The topological polar surface area (TPSA) is 37.3 Å². The Morgan fingerprint density at radius 1 is 1.10 bits per heavy atom. The summed E-state index contributed by atoms with van der Waals surface area (Å²) in [4.78, 5) is 11.4. The monoisotopic (exact) mass is 326 g/mol. The molecule has 21 heavy (non-hydrogen) atoms. The number of carboxylic acid groups (broad SMARTS) is 1. The minimum atomic E-state index is -0.982. The predicted molar refractivity (Wildman–Crippen MR) is 81.4 cm³/mol. The van der Waals surface area contributed by atoms with E-state index in [1.165, 1.54) is 12.1 Å². The van der Waals surface area contributed by atoms with Crippen LogP contribution in [-0.2, 0) is 17.6 Å². The fourth-order valence-electron chi connectivity index (χ4n) is 2.13. The van der Waals surface area contributed by atoms with Gasteiger partial charge in [0.05, 0.1) is 5.92 Å². The first-order chi connectivity index (χ1) is 9.97. The van der Waals surface area contributed by atoms with Gasteiger partial charge >= 0.3 is 5.97 Å². The van der Waals surface area contributed by atoms with Gasteiger partial charge in [-0.1, -0.05) is 47.5 Å². The molecule has 2 aromatic rings. The number of rotatable bonds is 5. The van der Waals surface area contributed by atoms with Gasteiger partial charge in [0, 0.05) is 10.0 Å². The van der Waals surface area contributed by atoms with Crippen molar-refractivity contribution in [3.63, 3.8) is 0 Å². The van der Waals surface area contributed by atoms with Crippen LogP contribution in [0, 0.1) is 11.7 Å². The Balaban J connectivity index is 2.20. The van der Waals surface area contributed by atoms with Gasteiger partial charge in [0.15, 0.2) is 0 Å². The minimum absolute atomic E-state index is 0.0869. The quantitative estimate of drug-likeness (QED) is 0.870. The third-order valence-corrected chi connectivity index (χ3v) is 3.86. The molecular formula is C16H13Cl2FO2. The average molecular weight is 327 g/mol. The average Bonchev–Trinajstić information content (AvgIpc) is 2.42. The molecule has 0 amide bonds. The smallest absolute Gasteiger partial charge is 0.307 e. The zero-order valence-electron chi connectivity index (χ0n) is 11.0. The summed E-state index contributed by atoms with van der Waals surface area (Å²) < 4.78 is 13.8. The first-order valence-electron chi connectivity index (χ1n) is 6.37. The Morgan fingerprint density at radius 3 is 2.38 bits per heavy atom. The maximum Gasteiger partial charge on any atom is 0.307 e. The number of hydrogen-bond acceptors (Lipinski definition) is 1. The highest BCUT2D eigenvalue weighted by Gasteiger charge is 2.21. The van der Waals surface area contributed by atoms with Crippen molar-refractivity contribution in [1.29, 1.82) is 0 Å². The predicted octanol–water partition coefficient (Wildman–Crippen LogP) is 4.62. The molecule has 110 valence electrons. The summed E-state index contributed by atoms with van der Waals surface area (Å²) in [7, 11) is 0. The molecule has 0 saturated carbocycles. The molecule has 2 nitrogen and oxygen atoms in total. The highest BCUT2D eigenvalue weighted by atomic mass is 35.5. The van der Waals surface area contributed by atoms with E-state index in [2.05, 4.69) is 0 Å². The van der Waals surface area contributed by atoms with E-state index < -0.39 is 17.7 Å². The summed E-state index contributed by atoms with van der Waals surface area (Å²) in [5.41, 5.74) is 1.07. The van der Waals surface area contributed by atoms with Crippen LogP contribution < -0.4 is 0 Å². The van der Waals surface area contributed by atoms with Crippen LogP contribution >= 0.6 is 23.2 Å². The van der Waals surface area contributed by atoms with Crippen molar-refractivity contribution < 1.29 is 14.3 Å². The van der Waals surface area contributed by atoms with Crippen LogP contribution in [0.1, 0.15) is 11.1 Å². The molecule has 1 atom stereocenters. The van der Waals surface area contributed by atoms with E-state index in [1.807, 2.05) is 0 Å². The lowest BCUT2D eigenvalue weighted by Gasteiger charge is -2.14. The molecule has 0 aliphatic rings. The number of carboxylic acids is 1. The van der Waals surface area contributed by atoms with Gasteiger partial charge in [-0.05, 0) is 42.2 Å². The number of aliphatic carboxylic acids is 1. The molecule has 0 aliphatic heterocycles. The molecule has 0 heterocycles. The van der Waals surface area contributed by atoms with Crippen LogP contribution in [-0.4, -0.2) is 11.1 Å². The Morgan fingerprint density at radius 2 is 1.76 bits per heavy atom. The van der Waals surface area contributed by atoms with Crippen molar-refractivity contribution in [1.82, 2.24) is 0 Å². The lowest BCUT2D eigenvalue weighted by molar-refractivity contribution is -0.141. The number of halogens is 3. The summed E-state index contributed by atoms with van der Waals surface area (Å²) in [6, 6.07) is 11.3. The highest BCUT2D eigenvalue weighted by molar-refractivity contribution is 6.31. The van der Waals surface area contributed by atoms with E-state index in [9.17, 15) is 14.3 Å². The Kier molecular flexibility index (Phi) is 5.21. The molecule has 1 unspecified atom stereocenters. The maximum atomic E-state index is 13.8. The second-order valence-corrected chi connectivity index (χ2v) is 5.61. The zero-order valence-corrected chi connectivity index (χ0v) is 12.5. The normalized spacial score (nSPS) is 12.1. The van der Waals surface area contributed by atoms with E-state index in [-0.39, 0.29) is 17.9 Å². The Bertz CT molecular complexity index is 658. The number of carbonyl (C=O) groups is 1. The molecule has 0 radical (unpaired) electrons. The van der Waals surface area contributed by atoms with Gasteiger partial charge in [0.1, 0.15) is 5.82 Å². The summed E-state index contributed by atoms with van der Waals surface area (Å²) in [5.74, 6) is -2.22. The first kappa shape index (κ1) is 15.8. The van der Waals surface area contributed by atoms with E-state index >= 15 is 0 Å². The molecule has 5 heteroatoms. The van der Waals surface area contributed by atoms with Crippen LogP contribution in [0.4, 0.5) is 4.39 Å². The summed E-state index contributed by atoms with van der Waals surface area (Å²) >= 11 is 11.7. The van der Waals surface area contributed by atoms with E-state index in [0.29, 0.717) is 10.6 Å². The largest absolute Gasteiger partial charge is 0.481 e. The van der Waals surface area contributed by atoms with Gasteiger partial charge in [-0.25, -0.2) is 4.39 Å². The highest BCUT2D eigenvalue weighted by Crippen LogP contribution is 2.23. The SMILES string of the molecule is O=C(O)C(Cc1ccc(Cl)cc1F)Cc1ccccc1Cl. The zero-order chi connectivity index (χ0) is 15.4. The van der Waals surface area contributed by atoms with Gasteiger partial charge in [-0.2, -0.15) is 0 Å². The summed E-state index contributed by atoms with van der Waals surface area (Å²) in [6.45, 7) is 0. The fourth-order valence-corrected chi connectivity index (χ4v) is 2.50. The second-order valence-electron chi connectivity index (χ2n) is 4.77. The van der Waals surface area contributed by atoms with Crippen LogP contribution in [0.2, 0.25) is 10.0 Å². The van der Waals surface area contributed by atoms with Crippen LogP contribution in [0.25, 0.3) is 0 Å². The molecule has 0 saturated heterocycles. The molecule has 1 N–H and O–H groups in total. The van der Waals surface area contributed by atoms with E-state index in [4.69, 9.17) is 23.2 Å². The van der Waals surface area contributed by atoms with E-state index in [1.54, 1.807) is 30.3 Å². The fraction of sp³-hybridized carbons (Fsp3) is 0.188. The van der Waals surface area contributed by atoms with Gasteiger partial charge in [0.2, 0.25) is 0 Å². The van der Waals surface area contributed by atoms with Crippen molar-refractivity contribution in [2.24, 2.45) is 5.92 Å². The van der Waals surface area contributed by atoms with Crippen molar-refractivity contribution in [2.45, 2.75) is 12.8 Å². The molecule has 0 fully saturated rings. The van der Waals surface area contributed by atoms with Gasteiger partial charge in [-0.3, -0.25) is 4.79 Å². The van der Waals surface area contributed by atoms with Crippen LogP contribution in [0.5, 0.6) is 0 Å².